The monoisotopic (exact) mass is 306 g/mol. The Bertz CT molecular complexity index is 815. The van der Waals surface area contributed by atoms with Gasteiger partial charge in [0.15, 0.2) is 0 Å². The molecule has 0 spiro atoms. The first-order valence-corrected chi connectivity index (χ1v) is 7.58. The number of fused-ring (bicyclic) bond motifs is 1. The standard InChI is InChI=1S/C19H20N3O/c1-22(2)19-10-7-14(11-18(19)21-23)13-20-17-9-8-15-5-3-4-6-16(15)12-17/h3-12,20-21H,13H2,1-2H3/q-1. The minimum atomic E-state index is 0.591. The van der Waals surface area contributed by atoms with Gasteiger partial charge in [0.2, 0.25) is 0 Å². The summed E-state index contributed by atoms with van der Waals surface area (Å²) >= 11 is 0. The zero-order valence-corrected chi connectivity index (χ0v) is 13.3. The van der Waals surface area contributed by atoms with Crippen LogP contribution >= 0.6 is 0 Å². The Hall–Kier alpha value is -2.72. The zero-order chi connectivity index (χ0) is 16.2. The van der Waals surface area contributed by atoms with Gasteiger partial charge < -0.3 is 20.9 Å². The van der Waals surface area contributed by atoms with Gasteiger partial charge in [-0.1, -0.05) is 36.4 Å². The molecule has 2 N–H and O–H groups in total. The summed E-state index contributed by atoms with van der Waals surface area (Å²) in [6.45, 7) is 0.667. The summed E-state index contributed by atoms with van der Waals surface area (Å²) in [6, 6.07) is 20.5. The first-order valence-electron chi connectivity index (χ1n) is 7.58. The van der Waals surface area contributed by atoms with Crippen molar-refractivity contribution in [3.05, 3.63) is 71.4 Å². The second-order valence-corrected chi connectivity index (χ2v) is 5.76. The van der Waals surface area contributed by atoms with Crippen LogP contribution in [0.15, 0.2) is 60.7 Å². The molecule has 0 aliphatic heterocycles. The van der Waals surface area contributed by atoms with Gasteiger partial charge in [-0.15, -0.1) is 0 Å². The maximum atomic E-state index is 11.1. The van der Waals surface area contributed by atoms with E-state index in [9.17, 15) is 5.21 Å². The second-order valence-electron chi connectivity index (χ2n) is 5.76. The van der Waals surface area contributed by atoms with Crippen molar-refractivity contribution in [2.75, 3.05) is 29.8 Å². The molecule has 3 aromatic rings. The molecule has 0 bridgehead atoms. The van der Waals surface area contributed by atoms with Crippen LogP contribution in [0.4, 0.5) is 17.1 Å². The fourth-order valence-corrected chi connectivity index (χ4v) is 2.67. The van der Waals surface area contributed by atoms with E-state index in [0.29, 0.717) is 12.2 Å². The van der Waals surface area contributed by atoms with Crippen molar-refractivity contribution in [2.24, 2.45) is 0 Å². The molecule has 23 heavy (non-hydrogen) atoms. The van der Waals surface area contributed by atoms with Crippen molar-refractivity contribution in [1.29, 1.82) is 0 Å². The maximum absolute atomic E-state index is 11.1. The van der Waals surface area contributed by atoms with Crippen LogP contribution in [0.3, 0.4) is 0 Å². The van der Waals surface area contributed by atoms with E-state index in [1.165, 1.54) is 10.8 Å². The molecule has 3 aromatic carbocycles. The Morgan fingerprint density at radius 3 is 2.43 bits per heavy atom. The zero-order valence-electron chi connectivity index (χ0n) is 13.3. The Balaban J connectivity index is 1.76. The summed E-state index contributed by atoms with van der Waals surface area (Å²) in [4.78, 5) is 1.92. The van der Waals surface area contributed by atoms with Crippen molar-refractivity contribution in [2.45, 2.75) is 6.54 Å². The van der Waals surface area contributed by atoms with E-state index in [1.807, 2.05) is 54.8 Å². The normalized spacial score (nSPS) is 10.6. The van der Waals surface area contributed by atoms with Crippen LogP contribution < -0.4 is 15.7 Å². The predicted octanol–water partition coefficient (Wildman–Crippen LogP) is 4.43. The van der Waals surface area contributed by atoms with Crippen LogP contribution in [0, 0.1) is 5.21 Å². The highest BCUT2D eigenvalue weighted by Gasteiger charge is 2.03. The van der Waals surface area contributed by atoms with Crippen LogP contribution in [0.2, 0.25) is 0 Å². The summed E-state index contributed by atoms with van der Waals surface area (Å²) in [5, 5.41) is 17.0. The Labute approximate surface area is 136 Å². The number of hydrogen-bond donors (Lipinski definition) is 2. The van der Waals surface area contributed by atoms with Crippen LogP contribution in [0.1, 0.15) is 5.56 Å². The number of anilines is 3. The van der Waals surface area contributed by atoms with E-state index < -0.39 is 0 Å². The minimum Gasteiger partial charge on any atom is -0.761 e. The Morgan fingerprint density at radius 2 is 1.70 bits per heavy atom. The van der Waals surface area contributed by atoms with Crippen molar-refractivity contribution in [1.82, 2.24) is 0 Å². The smallest absolute Gasteiger partial charge is 0.0589 e. The SMILES string of the molecule is CN(C)c1ccc(CNc2ccc3ccccc3c2)cc1N[O-]. The van der Waals surface area contributed by atoms with Gasteiger partial charge in [0.25, 0.3) is 0 Å². The van der Waals surface area contributed by atoms with E-state index in [-0.39, 0.29) is 0 Å². The highest BCUT2D eigenvalue weighted by molar-refractivity contribution is 5.85. The van der Waals surface area contributed by atoms with E-state index >= 15 is 0 Å². The molecule has 3 rings (SSSR count). The molecule has 0 aliphatic rings. The molecule has 0 saturated heterocycles. The quantitative estimate of drug-likeness (QED) is 0.685. The van der Waals surface area contributed by atoms with Gasteiger partial charge in [0, 0.05) is 32.0 Å². The molecule has 0 radical (unpaired) electrons. The summed E-state index contributed by atoms with van der Waals surface area (Å²) in [5.41, 5.74) is 5.62. The van der Waals surface area contributed by atoms with E-state index in [1.54, 1.807) is 0 Å². The summed E-state index contributed by atoms with van der Waals surface area (Å²) in [5.74, 6) is 0. The fourth-order valence-electron chi connectivity index (χ4n) is 2.67. The third-order valence-electron chi connectivity index (χ3n) is 3.90. The van der Waals surface area contributed by atoms with Gasteiger partial charge >= 0.3 is 0 Å². The second kappa shape index (κ2) is 6.58. The van der Waals surface area contributed by atoms with Crippen LogP contribution in [0.25, 0.3) is 10.8 Å². The van der Waals surface area contributed by atoms with Gasteiger partial charge in [-0.05, 0) is 40.6 Å². The number of nitrogens with one attached hydrogen (secondary N) is 2. The minimum absolute atomic E-state index is 0.591. The fraction of sp³-hybridized carbons (Fsp3) is 0.158. The molecule has 118 valence electrons. The number of nitrogens with zero attached hydrogens (tertiary/aromatic N) is 1. The molecule has 0 heterocycles. The van der Waals surface area contributed by atoms with Gasteiger partial charge in [-0.2, -0.15) is 0 Å². The topological polar surface area (TPSA) is 50.4 Å². The molecule has 4 heteroatoms. The van der Waals surface area contributed by atoms with Crippen molar-refractivity contribution >= 4 is 27.8 Å². The lowest BCUT2D eigenvalue weighted by Crippen LogP contribution is -2.11. The number of hydrogen-bond acceptors (Lipinski definition) is 4. The van der Waals surface area contributed by atoms with Crippen LogP contribution in [-0.4, -0.2) is 14.1 Å². The van der Waals surface area contributed by atoms with Gasteiger partial charge in [-0.3, -0.25) is 0 Å². The lowest BCUT2D eigenvalue weighted by atomic mass is 10.1. The third-order valence-corrected chi connectivity index (χ3v) is 3.90. The molecule has 0 amide bonds. The van der Waals surface area contributed by atoms with E-state index in [0.717, 1.165) is 16.9 Å². The van der Waals surface area contributed by atoms with Gasteiger partial charge in [0.1, 0.15) is 0 Å². The van der Waals surface area contributed by atoms with E-state index in [4.69, 9.17) is 0 Å². The van der Waals surface area contributed by atoms with E-state index in [2.05, 4.69) is 35.6 Å². The maximum Gasteiger partial charge on any atom is 0.0589 e. The molecule has 4 nitrogen and oxygen atoms in total. The largest absolute Gasteiger partial charge is 0.761 e. The highest BCUT2D eigenvalue weighted by atomic mass is 16.5. The summed E-state index contributed by atoms with van der Waals surface area (Å²) in [6.07, 6.45) is 0. The summed E-state index contributed by atoms with van der Waals surface area (Å²) < 4.78 is 0. The van der Waals surface area contributed by atoms with Gasteiger partial charge in [0.05, 0.1) is 5.69 Å². The average molecular weight is 306 g/mol. The summed E-state index contributed by atoms with van der Waals surface area (Å²) in [7, 11) is 3.84. The van der Waals surface area contributed by atoms with Gasteiger partial charge in [-0.25, -0.2) is 0 Å². The molecule has 0 aliphatic carbocycles. The molecule has 0 unspecified atom stereocenters. The molecule has 0 fully saturated rings. The number of benzene rings is 3. The van der Waals surface area contributed by atoms with Crippen molar-refractivity contribution in [3.8, 4) is 0 Å². The Morgan fingerprint density at radius 1 is 0.913 bits per heavy atom. The lowest BCUT2D eigenvalue weighted by molar-refractivity contribution is 1.11. The first-order chi connectivity index (χ1) is 11.2. The van der Waals surface area contributed by atoms with Crippen molar-refractivity contribution < 1.29 is 0 Å². The first kappa shape index (κ1) is 15.2. The van der Waals surface area contributed by atoms with Crippen LogP contribution in [0.5, 0.6) is 0 Å². The highest BCUT2D eigenvalue weighted by Crippen LogP contribution is 2.26. The third kappa shape index (κ3) is 3.38. The molecular formula is C19H20N3O-. The predicted molar refractivity (Wildman–Crippen MR) is 99.0 cm³/mol. The molecule has 0 saturated carbocycles. The average Bonchev–Trinajstić information content (AvgIpc) is 2.59. The van der Waals surface area contributed by atoms with Crippen LogP contribution in [-0.2, 0) is 6.54 Å². The Kier molecular flexibility index (Phi) is 4.35. The number of rotatable bonds is 5. The molecule has 0 atom stereocenters. The molecule has 0 aromatic heterocycles. The molecular weight excluding hydrogens is 286 g/mol. The lowest BCUT2D eigenvalue weighted by Gasteiger charge is -2.21. The van der Waals surface area contributed by atoms with Crippen molar-refractivity contribution in [3.63, 3.8) is 0 Å².